The minimum atomic E-state index is -4.77. The van der Waals surface area contributed by atoms with Crippen LogP contribution in [0.3, 0.4) is 0 Å². The third-order valence-corrected chi connectivity index (χ3v) is 10.4. The maximum atomic E-state index is 12.3. The number of carboxylic acid groups (broad SMARTS) is 1. The molecule has 0 aliphatic heterocycles. The summed E-state index contributed by atoms with van der Waals surface area (Å²) in [7, 11) is -4.77. The van der Waals surface area contributed by atoms with E-state index in [9.17, 15) is 34.1 Å². The minimum absolute atomic E-state index is 0.130. The van der Waals surface area contributed by atoms with Crippen molar-refractivity contribution in [3.8, 4) is 0 Å². The molecular weight excluding hydrogens is 794 g/mol. The molecular formula is C49H82NO10P. The molecule has 0 aromatic rings. The molecule has 11 nitrogen and oxygen atoms in total. The van der Waals surface area contributed by atoms with Crippen LogP contribution in [0.2, 0.25) is 0 Å². The maximum absolute atomic E-state index is 12.3. The van der Waals surface area contributed by atoms with Crippen LogP contribution in [0.25, 0.3) is 0 Å². The zero-order chi connectivity index (χ0) is 44.9. The van der Waals surface area contributed by atoms with Gasteiger partial charge in [0.15, 0.2) is 6.04 Å². The summed E-state index contributed by atoms with van der Waals surface area (Å²) in [6.07, 6.45) is 53.1. The number of amides is 1. The predicted molar refractivity (Wildman–Crippen MR) is 249 cm³/mol. The summed E-state index contributed by atoms with van der Waals surface area (Å²) in [4.78, 5) is 46.0. The molecule has 0 saturated heterocycles. The quantitative estimate of drug-likeness (QED) is 0.0200. The number of allylic oxidation sites excluding steroid dienone is 14. The SMILES string of the molecule is CC/C=C\C/C=C\C/C=C\C/C=C\C/C=C\CCCCCC(=O)OCC(O)COP(=O)(O)OCC(NC(=O)CCCCCCCCC/C=C\C/C=C\CCCCCC)C(=O)O. The van der Waals surface area contributed by atoms with E-state index in [0.29, 0.717) is 12.8 Å². The fourth-order valence-corrected chi connectivity index (χ4v) is 6.61. The number of carbonyl (C=O) groups is 3. The molecule has 0 spiro atoms. The van der Waals surface area contributed by atoms with E-state index in [1.165, 1.54) is 32.1 Å². The van der Waals surface area contributed by atoms with Gasteiger partial charge in [-0.15, -0.1) is 0 Å². The molecule has 0 heterocycles. The number of esters is 1. The highest BCUT2D eigenvalue weighted by molar-refractivity contribution is 7.47. The summed E-state index contributed by atoms with van der Waals surface area (Å²) in [5, 5.41) is 21.9. The van der Waals surface area contributed by atoms with E-state index < -0.39 is 57.6 Å². The number of aliphatic hydroxyl groups is 1. The number of carboxylic acids is 1. The average Bonchev–Trinajstić information content (AvgIpc) is 3.24. The number of unbranched alkanes of at least 4 members (excludes halogenated alkanes) is 14. The minimum Gasteiger partial charge on any atom is -0.480 e. The number of carbonyl (C=O) groups excluding carboxylic acids is 2. The van der Waals surface area contributed by atoms with E-state index in [2.05, 4.69) is 104 Å². The van der Waals surface area contributed by atoms with Crippen molar-refractivity contribution in [3.63, 3.8) is 0 Å². The van der Waals surface area contributed by atoms with Crippen molar-refractivity contribution in [2.24, 2.45) is 0 Å². The molecule has 0 aliphatic rings. The zero-order valence-electron chi connectivity index (χ0n) is 37.7. The summed E-state index contributed by atoms with van der Waals surface area (Å²) >= 11 is 0. The molecule has 0 fully saturated rings. The van der Waals surface area contributed by atoms with Crippen LogP contribution in [-0.2, 0) is 32.7 Å². The highest BCUT2D eigenvalue weighted by Gasteiger charge is 2.28. The Morgan fingerprint density at radius 3 is 1.44 bits per heavy atom. The number of ether oxygens (including phenoxy) is 1. The van der Waals surface area contributed by atoms with Crippen LogP contribution in [0.4, 0.5) is 0 Å². The first kappa shape index (κ1) is 57.7. The smallest absolute Gasteiger partial charge is 0.472 e. The van der Waals surface area contributed by atoms with E-state index in [4.69, 9.17) is 13.8 Å². The first-order valence-electron chi connectivity index (χ1n) is 23.1. The Labute approximate surface area is 369 Å². The Kier molecular flexibility index (Phi) is 40.9. The van der Waals surface area contributed by atoms with Gasteiger partial charge in [-0.05, 0) is 89.9 Å². The van der Waals surface area contributed by atoms with Gasteiger partial charge < -0.3 is 25.2 Å². The molecule has 0 aromatic heterocycles. The third-order valence-electron chi connectivity index (χ3n) is 9.42. The molecule has 0 aliphatic carbocycles. The Morgan fingerprint density at radius 2 is 0.951 bits per heavy atom. The van der Waals surface area contributed by atoms with Crippen LogP contribution >= 0.6 is 7.82 Å². The predicted octanol–water partition coefficient (Wildman–Crippen LogP) is 12.3. The van der Waals surface area contributed by atoms with Gasteiger partial charge in [0.1, 0.15) is 12.7 Å². The first-order valence-corrected chi connectivity index (χ1v) is 24.6. The second-order valence-corrected chi connectivity index (χ2v) is 16.7. The number of rotatable bonds is 42. The summed E-state index contributed by atoms with van der Waals surface area (Å²) in [6.45, 7) is 2.42. The Balaban J connectivity index is 3.96. The number of aliphatic hydroxyl groups excluding tert-OH is 1. The molecule has 0 radical (unpaired) electrons. The molecule has 4 N–H and O–H groups in total. The van der Waals surface area contributed by atoms with Crippen molar-refractivity contribution in [2.45, 2.75) is 187 Å². The summed E-state index contributed by atoms with van der Waals surface area (Å²) in [6, 6.07) is -1.56. The molecule has 1 amide bonds. The van der Waals surface area contributed by atoms with Gasteiger partial charge in [0.2, 0.25) is 5.91 Å². The lowest BCUT2D eigenvalue weighted by Gasteiger charge is -2.18. The second kappa shape index (κ2) is 43.3. The third kappa shape index (κ3) is 43.1. The van der Waals surface area contributed by atoms with E-state index in [1.807, 2.05) is 0 Å². The Hall–Kier alpha value is -3.34. The van der Waals surface area contributed by atoms with Crippen LogP contribution in [0.15, 0.2) is 85.1 Å². The van der Waals surface area contributed by atoms with Crippen LogP contribution in [0.1, 0.15) is 174 Å². The topological polar surface area (TPSA) is 169 Å². The number of nitrogens with one attached hydrogen (secondary N) is 1. The fourth-order valence-electron chi connectivity index (χ4n) is 5.84. The summed E-state index contributed by atoms with van der Waals surface area (Å²) in [5.74, 6) is -2.43. The van der Waals surface area contributed by atoms with Crippen LogP contribution in [0.5, 0.6) is 0 Å². The van der Waals surface area contributed by atoms with E-state index in [-0.39, 0.29) is 12.8 Å². The van der Waals surface area contributed by atoms with Crippen molar-refractivity contribution < 1.29 is 47.8 Å². The van der Waals surface area contributed by atoms with Gasteiger partial charge in [0.05, 0.1) is 13.2 Å². The monoisotopic (exact) mass is 876 g/mol. The molecule has 0 saturated carbocycles. The lowest BCUT2D eigenvalue weighted by atomic mass is 10.1. The Morgan fingerprint density at radius 1 is 0.541 bits per heavy atom. The highest BCUT2D eigenvalue weighted by atomic mass is 31.2. The highest BCUT2D eigenvalue weighted by Crippen LogP contribution is 2.43. The van der Waals surface area contributed by atoms with Gasteiger partial charge in [0.25, 0.3) is 0 Å². The second-order valence-electron chi connectivity index (χ2n) is 15.2. The lowest BCUT2D eigenvalue weighted by Crippen LogP contribution is -2.43. The molecule has 61 heavy (non-hydrogen) atoms. The van der Waals surface area contributed by atoms with E-state index in [1.54, 1.807) is 0 Å². The van der Waals surface area contributed by atoms with Gasteiger partial charge in [-0.2, -0.15) is 0 Å². The van der Waals surface area contributed by atoms with Gasteiger partial charge in [0, 0.05) is 12.8 Å². The molecule has 3 atom stereocenters. The average molecular weight is 876 g/mol. The van der Waals surface area contributed by atoms with Crippen molar-refractivity contribution >= 4 is 25.7 Å². The van der Waals surface area contributed by atoms with Gasteiger partial charge in [-0.1, -0.05) is 157 Å². The van der Waals surface area contributed by atoms with E-state index >= 15 is 0 Å². The van der Waals surface area contributed by atoms with Crippen molar-refractivity contribution in [3.05, 3.63) is 85.1 Å². The molecule has 0 rings (SSSR count). The van der Waals surface area contributed by atoms with Gasteiger partial charge in [-0.25, -0.2) is 9.36 Å². The number of phosphoric acid groups is 1. The Bertz CT molecular complexity index is 1350. The van der Waals surface area contributed by atoms with Crippen molar-refractivity contribution in [1.29, 1.82) is 0 Å². The number of phosphoric ester groups is 1. The van der Waals surface area contributed by atoms with Crippen molar-refractivity contribution in [1.82, 2.24) is 5.32 Å². The molecule has 348 valence electrons. The molecule has 12 heteroatoms. The summed E-state index contributed by atoms with van der Waals surface area (Å²) < 4.78 is 26.8. The normalized spacial score (nSPS) is 14.4. The maximum Gasteiger partial charge on any atom is 0.472 e. The molecule has 3 unspecified atom stereocenters. The number of hydrogen-bond donors (Lipinski definition) is 4. The van der Waals surface area contributed by atoms with Gasteiger partial charge >= 0.3 is 19.8 Å². The first-order chi connectivity index (χ1) is 29.6. The van der Waals surface area contributed by atoms with Crippen molar-refractivity contribution in [2.75, 3.05) is 19.8 Å². The largest absolute Gasteiger partial charge is 0.480 e. The zero-order valence-corrected chi connectivity index (χ0v) is 38.6. The molecule has 0 bridgehead atoms. The van der Waals surface area contributed by atoms with Crippen LogP contribution in [0, 0.1) is 0 Å². The standard InChI is InChI=1S/C49H82NO10P/c1-3-5-7-9-11-13-15-17-19-21-23-25-27-29-31-33-35-37-39-41-48(53)58-42-45(51)43-59-61(56,57)60-44-46(49(54)55)50-47(52)40-38-36-34-32-30-28-26-24-22-20-18-16-14-12-10-8-6-4-2/h5,7,11,13-14,16-17,19-20,22-23,25,29,31,45-46,51H,3-4,6,8-10,12,15,18,21,24,26-28,30,32-44H2,1-2H3,(H,50,52)(H,54,55)(H,56,57)/b7-5-,13-11-,16-14-,19-17-,22-20-,25-23-,31-29-. The lowest BCUT2D eigenvalue weighted by molar-refractivity contribution is -0.147. The van der Waals surface area contributed by atoms with Crippen LogP contribution in [-0.4, -0.2) is 64.9 Å². The fraction of sp³-hybridized carbons (Fsp3) is 0.653. The number of hydrogen-bond acceptors (Lipinski definition) is 8. The summed E-state index contributed by atoms with van der Waals surface area (Å²) in [5.41, 5.74) is 0. The molecule has 0 aromatic carbocycles. The van der Waals surface area contributed by atoms with E-state index in [0.717, 1.165) is 103 Å². The van der Waals surface area contributed by atoms with Crippen LogP contribution < -0.4 is 5.32 Å². The van der Waals surface area contributed by atoms with Gasteiger partial charge in [-0.3, -0.25) is 18.6 Å². The number of aliphatic carboxylic acids is 1.